The molecule has 192 valence electrons. The maximum Gasteiger partial charge on any atom is 0.143 e. The molecule has 0 spiro atoms. The number of rotatable bonds is 2. The third-order valence-electron chi connectivity index (χ3n) is 8.42. The van der Waals surface area contributed by atoms with E-state index in [-0.39, 0.29) is 0 Å². The average Bonchev–Trinajstić information content (AvgIpc) is 3.57. The minimum Gasteiger partial charge on any atom is -0.455 e. The van der Waals surface area contributed by atoms with Gasteiger partial charge in [-0.15, -0.1) is 0 Å². The highest BCUT2D eigenvalue weighted by molar-refractivity contribution is 6.32. The quantitative estimate of drug-likeness (QED) is 0.198. The second-order valence-corrected chi connectivity index (χ2v) is 11.1. The first kappa shape index (κ1) is 22.7. The summed E-state index contributed by atoms with van der Waals surface area (Å²) in [5, 5.41) is 10.3. The highest BCUT2D eigenvalue weighted by Crippen LogP contribution is 2.42. The van der Waals surface area contributed by atoms with Crippen LogP contribution in [0.4, 0.5) is 0 Å². The Labute approximate surface area is 240 Å². The zero-order valence-corrected chi connectivity index (χ0v) is 22.7. The van der Waals surface area contributed by atoms with Gasteiger partial charge in [0, 0.05) is 37.6 Å². The van der Waals surface area contributed by atoms with Crippen molar-refractivity contribution in [2.75, 3.05) is 0 Å². The summed E-state index contributed by atoms with van der Waals surface area (Å²) >= 11 is 6.48. The molecule has 7 aromatic carbocycles. The molecule has 0 radical (unpaired) electrons. The van der Waals surface area contributed by atoms with Crippen molar-refractivity contribution in [3.63, 3.8) is 0 Å². The van der Waals surface area contributed by atoms with Gasteiger partial charge in [0.05, 0.1) is 11.0 Å². The Morgan fingerprint density at radius 3 is 1.93 bits per heavy atom. The molecule has 0 aliphatic rings. The molecular weight excluding hydrogens is 522 g/mol. The lowest BCUT2D eigenvalue weighted by Gasteiger charge is -2.08. The van der Waals surface area contributed by atoms with Gasteiger partial charge in [0.25, 0.3) is 0 Å². The van der Waals surface area contributed by atoms with Crippen LogP contribution in [-0.2, 0) is 0 Å². The van der Waals surface area contributed by atoms with Crippen LogP contribution in [0.1, 0.15) is 0 Å². The van der Waals surface area contributed by atoms with Crippen molar-refractivity contribution < 1.29 is 4.42 Å². The van der Waals surface area contributed by atoms with Crippen molar-refractivity contribution in [2.24, 2.45) is 0 Å². The van der Waals surface area contributed by atoms with Crippen molar-refractivity contribution in [2.45, 2.75) is 0 Å². The Morgan fingerprint density at radius 1 is 0.463 bits per heavy atom. The predicted molar refractivity (Wildman–Crippen MR) is 174 cm³/mol. The Bertz CT molecular complexity index is 2480. The SMILES string of the molecule is Clc1ccc2c3cc(-c4ccc5oc6c7ccccc7c7ccccc7c6c5c4)ccc3n(-c3ccccc3)c2c1. The van der Waals surface area contributed by atoms with Gasteiger partial charge < -0.3 is 8.98 Å². The second-order valence-electron chi connectivity index (χ2n) is 10.7. The topological polar surface area (TPSA) is 18.1 Å². The molecule has 0 saturated heterocycles. The fourth-order valence-electron chi connectivity index (χ4n) is 6.62. The number of aromatic nitrogens is 1. The van der Waals surface area contributed by atoms with E-state index in [2.05, 4.69) is 126 Å². The van der Waals surface area contributed by atoms with E-state index in [4.69, 9.17) is 16.0 Å². The standard InChI is InChI=1S/C38H22ClNO/c39-25-16-17-29-32-20-23(14-18-34(32)40(35(29)22-25)26-8-2-1-3-9-26)24-15-19-36-33(21-24)37-30-12-6-4-10-27(30)28-11-5-7-13-31(28)38(37)41-36/h1-22H. The monoisotopic (exact) mass is 543 g/mol. The molecule has 0 aliphatic heterocycles. The molecule has 9 aromatic rings. The molecule has 3 heteroatoms. The molecule has 2 heterocycles. The summed E-state index contributed by atoms with van der Waals surface area (Å²) in [5.41, 5.74) is 7.56. The molecule has 0 fully saturated rings. The van der Waals surface area contributed by atoms with E-state index in [1.165, 1.54) is 37.9 Å². The number of benzene rings is 7. The Hall–Kier alpha value is -5.05. The maximum absolute atomic E-state index is 6.54. The lowest BCUT2D eigenvalue weighted by atomic mass is 9.95. The molecule has 0 bridgehead atoms. The van der Waals surface area contributed by atoms with Crippen molar-refractivity contribution in [1.29, 1.82) is 0 Å². The van der Waals surface area contributed by atoms with E-state index in [0.29, 0.717) is 0 Å². The van der Waals surface area contributed by atoms with E-state index in [1.807, 2.05) is 12.1 Å². The summed E-state index contributed by atoms with van der Waals surface area (Å²) in [7, 11) is 0. The zero-order chi connectivity index (χ0) is 27.1. The van der Waals surface area contributed by atoms with Crippen LogP contribution in [0.3, 0.4) is 0 Å². The number of nitrogens with zero attached hydrogens (tertiary/aromatic N) is 1. The van der Waals surface area contributed by atoms with Crippen molar-refractivity contribution in [3.05, 3.63) is 138 Å². The number of halogens is 1. The lowest BCUT2D eigenvalue weighted by molar-refractivity contribution is 0.673. The summed E-state index contributed by atoms with van der Waals surface area (Å²) in [6.45, 7) is 0. The third kappa shape index (κ3) is 3.26. The van der Waals surface area contributed by atoms with E-state index < -0.39 is 0 Å². The van der Waals surface area contributed by atoms with Crippen LogP contribution < -0.4 is 0 Å². The first-order valence-corrected chi connectivity index (χ1v) is 14.2. The van der Waals surface area contributed by atoms with Gasteiger partial charge in [0.1, 0.15) is 11.2 Å². The third-order valence-corrected chi connectivity index (χ3v) is 8.66. The predicted octanol–water partition coefficient (Wildman–Crippen LogP) is 11.3. The van der Waals surface area contributed by atoms with Crippen LogP contribution in [0.2, 0.25) is 5.02 Å². The molecule has 9 rings (SSSR count). The van der Waals surface area contributed by atoms with Crippen LogP contribution in [0.15, 0.2) is 138 Å². The summed E-state index contributed by atoms with van der Waals surface area (Å²) in [6.07, 6.45) is 0. The molecule has 0 aliphatic carbocycles. The van der Waals surface area contributed by atoms with Gasteiger partial charge in [0.15, 0.2) is 0 Å². The molecule has 41 heavy (non-hydrogen) atoms. The number of hydrogen-bond donors (Lipinski definition) is 0. The van der Waals surface area contributed by atoms with Crippen molar-refractivity contribution in [1.82, 2.24) is 4.57 Å². The van der Waals surface area contributed by atoms with E-state index in [1.54, 1.807) is 0 Å². The molecule has 0 unspecified atom stereocenters. The Kier molecular flexibility index (Phi) is 4.70. The van der Waals surface area contributed by atoms with Gasteiger partial charge in [-0.05, 0) is 75.8 Å². The Balaban J connectivity index is 1.32. The largest absolute Gasteiger partial charge is 0.455 e. The van der Waals surface area contributed by atoms with Gasteiger partial charge in [-0.3, -0.25) is 0 Å². The van der Waals surface area contributed by atoms with Gasteiger partial charge in [0.2, 0.25) is 0 Å². The molecule has 2 nitrogen and oxygen atoms in total. The molecule has 0 amide bonds. The van der Waals surface area contributed by atoms with Gasteiger partial charge in [-0.25, -0.2) is 0 Å². The van der Waals surface area contributed by atoms with Crippen LogP contribution >= 0.6 is 11.6 Å². The van der Waals surface area contributed by atoms with Gasteiger partial charge in [-0.2, -0.15) is 0 Å². The first-order valence-electron chi connectivity index (χ1n) is 13.8. The van der Waals surface area contributed by atoms with E-state index in [0.717, 1.165) is 49.2 Å². The fraction of sp³-hybridized carbons (Fsp3) is 0. The van der Waals surface area contributed by atoms with E-state index >= 15 is 0 Å². The second kappa shape index (κ2) is 8.47. The highest BCUT2D eigenvalue weighted by atomic mass is 35.5. The molecule has 0 N–H and O–H groups in total. The van der Waals surface area contributed by atoms with Crippen molar-refractivity contribution >= 4 is 76.9 Å². The summed E-state index contributed by atoms with van der Waals surface area (Å²) in [4.78, 5) is 0. The number of hydrogen-bond acceptors (Lipinski definition) is 1. The number of furan rings is 1. The highest BCUT2D eigenvalue weighted by Gasteiger charge is 2.17. The number of fused-ring (bicyclic) bond motifs is 11. The normalized spacial score (nSPS) is 12.0. The molecular formula is C38H22ClNO. The van der Waals surface area contributed by atoms with Gasteiger partial charge in [-0.1, -0.05) is 96.5 Å². The van der Waals surface area contributed by atoms with Gasteiger partial charge >= 0.3 is 0 Å². The number of para-hydroxylation sites is 1. The lowest BCUT2D eigenvalue weighted by Crippen LogP contribution is -1.93. The fourth-order valence-corrected chi connectivity index (χ4v) is 6.78. The zero-order valence-electron chi connectivity index (χ0n) is 21.9. The summed E-state index contributed by atoms with van der Waals surface area (Å²) in [6, 6.07) is 47.1. The Morgan fingerprint density at radius 2 is 1.12 bits per heavy atom. The summed E-state index contributed by atoms with van der Waals surface area (Å²) < 4.78 is 8.84. The van der Waals surface area contributed by atoms with Crippen LogP contribution in [0.25, 0.3) is 82.1 Å². The molecule has 0 atom stereocenters. The van der Waals surface area contributed by atoms with Crippen LogP contribution in [0.5, 0.6) is 0 Å². The smallest absolute Gasteiger partial charge is 0.143 e. The van der Waals surface area contributed by atoms with Crippen LogP contribution in [0, 0.1) is 0 Å². The maximum atomic E-state index is 6.54. The minimum absolute atomic E-state index is 0.731. The minimum atomic E-state index is 0.731. The van der Waals surface area contributed by atoms with Crippen LogP contribution in [-0.4, -0.2) is 4.57 Å². The molecule has 0 saturated carbocycles. The first-order chi connectivity index (χ1) is 20.2. The molecule has 2 aromatic heterocycles. The average molecular weight is 544 g/mol. The summed E-state index contributed by atoms with van der Waals surface area (Å²) in [5.74, 6) is 0. The van der Waals surface area contributed by atoms with Crippen molar-refractivity contribution in [3.8, 4) is 16.8 Å². The van der Waals surface area contributed by atoms with E-state index in [9.17, 15) is 0 Å².